The highest BCUT2D eigenvalue weighted by molar-refractivity contribution is 5.60. The summed E-state index contributed by atoms with van der Waals surface area (Å²) in [6.07, 6.45) is -1.68. The van der Waals surface area contributed by atoms with Gasteiger partial charge in [0.1, 0.15) is 5.69 Å². The number of nitrogens with zero attached hydrogens (tertiary/aromatic N) is 5. The van der Waals surface area contributed by atoms with Gasteiger partial charge >= 0.3 is 6.08 Å². The van der Waals surface area contributed by atoms with E-state index in [1.54, 1.807) is 0 Å². The Morgan fingerprint density at radius 1 is 0.783 bits per heavy atom. The lowest BCUT2D eigenvalue weighted by atomic mass is 10.2. The fraction of sp³-hybridized carbons (Fsp3) is 0. The van der Waals surface area contributed by atoms with Crippen LogP contribution in [0.1, 0.15) is 0 Å². The quantitative estimate of drug-likeness (QED) is 0.174. The van der Waals surface area contributed by atoms with E-state index in [-0.39, 0.29) is 0 Å². The highest BCUT2D eigenvalue weighted by Crippen LogP contribution is 2.31. The van der Waals surface area contributed by atoms with Crippen LogP contribution in [0.15, 0.2) is 5.11 Å². The topological polar surface area (TPSA) is 86.6 Å². The smallest absolute Gasteiger partial charge is 0.311 e. The molecule has 120 valence electrons. The van der Waals surface area contributed by atoms with Crippen LogP contribution in [0.4, 0.5) is 48.1 Å². The van der Waals surface area contributed by atoms with Gasteiger partial charge in [-0.2, -0.15) is 14.4 Å². The summed E-state index contributed by atoms with van der Waals surface area (Å²) in [4.78, 5) is 7.62. The van der Waals surface area contributed by atoms with Crippen LogP contribution in [0, 0.1) is 41.0 Å². The van der Waals surface area contributed by atoms with Crippen molar-refractivity contribution >= 4 is 17.3 Å². The fourth-order valence-corrected chi connectivity index (χ4v) is 1.43. The van der Waals surface area contributed by atoms with Gasteiger partial charge < -0.3 is 5.32 Å². The van der Waals surface area contributed by atoms with Gasteiger partial charge in [0.25, 0.3) is 0 Å². The molecule has 2 rings (SSSR count). The average Bonchev–Trinajstić information content (AvgIpc) is 2.52. The SMILES string of the molecule is [N-]=[N+]=Nc1nc(F)nc(Nc2c(F)c(F)c(F)c(F)c2F)c1F. The molecular weight excluding hydrogens is 337 g/mol. The van der Waals surface area contributed by atoms with Gasteiger partial charge in [-0.15, -0.1) is 0 Å². The molecule has 0 saturated heterocycles. The molecule has 1 aromatic carbocycles. The first kappa shape index (κ1) is 16.3. The lowest BCUT2D eigenvalue weighted by Crippen LogP contribution is -2.09. The van der Waals surface area contributed by atoms with Gasteiger partial charge in [0.15, 0.2) is 40.7 Å². The van der Waals surface area contributed by atoms with E-state index >= 15 is 0 Å². The number of azide groups is 1. The molecule has 0 amide bonds. The second kappa shape index (κ2) is 5.96. The molecule has 0 spiro atoms. The second-order valence-corrected chi connectivity index (χ2v) is 3.74. The monoisotopic (exact) mass is 338 g/mol. The summed E-state index contributed by atoms with van der Waals surface area (Å²) in [6.45, 7) is 0. The molecular formula is C10HF7N6. The van der Waals surface area contributed by atoms with E-state index in [0.717, 1.165) is 0 Å². The van der Waals surface area contributed by atoms with Gasteiger partial charge in [0.2, 0.25) is 5.82 Å². The molecule has 2 aromatic rings. The molecule has 0 aliphatic carbocycles. The minimum Gasteiger partial charge on any atom is -0.333 e. The molecule has 0 aliphatic rings. The molecule has 0 radical (unpaired) electrons. The Morgan fingerprint density at radius 2 is 1.30 bits per heavy atom. The third-order valence-corrected chi connectivity index (χ3v) is 2.40. The molecule has 6 nitrogen and oxygen atoms in total. The normalized spacial score (nSPS) is 10.4. The first-order valence-electron chi connectivity index (χ1n) is 5.34. The van der Waals surface area contributed by atoms with Crippen molar-refractivity contribution in [3.63, 3.8) is 0 Å². The van der Waals surface area contributed by atoms with Crippen LogP contribution in [0.5, 0.6) is 0 Å². The van der Waals surface area contributed by atoms with Crippen LogP contribution in [0.3, 0.4) is 0 Å². The number of hydrogen-bond acceptors (Lipinski definition) is 4. The van der Waals surface area contributed by atoms with E-state index in [1.807, 2.05) is 0 Å². The largest absolute Gasteiger partial charge is 0.333 e. The van der Waals surface area contributed by atoms with Crippen molar-refractivity contribution in [2.24, 2.45) is 5.11 Å². The van der Waals surface area contributed by atoms with Crippen LogP contribution in [-0.4, -0.2) is 9.97 Å². The van der Waals surface area contributed by atoms with Crippen LogP contribution in [-0.2, 0) is 0 Å². The number of halogens is 7. The van der Waals surface area contributed by atoms with Crippen molar-refractivity contribution in [1.29, 1.82) is 0 Å². The van der Waals surface area contributed by atoms with E-state index in [4.69, 9.17) is 5.53 Å². The summed E-state index contributed by atoms with van der Waals surface area (Å²) in [5.74, 6) is -15.9. The maximum absolute atomic E-state index is 13.7. The number of rotatable bonds is 3. The molecule has 0 unspecified atom stereocenters. The average molecular weight is 338 g/mol. The Bertz CT molecular complexity index is 819. The molecule has 13 heteroatoms. The zero-order valence-electron chi connectivity index (χ0n) is 10.4. The second-order valence-electron chi connectivity index (χ2n) is 3.74. The maximum Gasteiger partial charge on any atom is 0.311 e. The lowest BCUT2D eigenvalue weighted by Gasteiger charge is -2.11. The summed E-state index contributed by atoms with van der Waals surface area (Å²) in [7, 11) is 0. The predicted octanol–water partition coefficient (Wildman–Crippen LogP) is 4.14. The van der Waals surface area contributed by atoms with Crippen LogP contribution < -0.4 is 5.32 Å². The zero-order chi connectivity index (χ0) is 17.3. The number of aromatic nitrogens is 2. The van der Waals surface area contributed by atoms with E-state index < -0.39 is 58.3 Å². The Kier molecular flexibility index (Phi) is 4.22. The zero-order valence-corrected chi connectivity index (χ0v) is 10.4. The molecule has 23 heavy (non-hydrogen) atoms. The first-order chi connectivity index (χ1) is 10.8. The number of nitrogens with one attached hydrogen (secondary N) is 1. The van der Waals surface area contributed by atoms with Crippen LogP contribution >= 0.6 is 0 Å². The van der Waals surface area contributed by atoms with Crippen LogP contribution in [0.25, 0.3) is 10.4 Å². The minimum absolute atomic E-state index is 1.19. The molecule has 1 N–H and O–H groups in total. The summed E-state index contributed by atoms with van der Waals surface area (Å²) in [6, 6.07) is 0. The van der Waals surface area contributed by atoms with Gasteiger partial charge in [-0.1, -0.05) is 0 Å². The fourth-order valence-electron chi connectivity index (χ4n) is 1.43. The summed E-state index contributed by atoms with van der Waals surface area (Å²) >= 11 is 0. The molecule has 1 aromatic heterocycles. The predicted molar refractivity (Wildman–Crippen MR) is 60.3 cm³/mol. The molecule has 0 bridgehead atoms. The Balaban J connectivity index is 2.63. The highest BCUT2D eigenvalue weighted by atomic mass is 19.2. The van der Waals surface area contributed by atoms with Crippen molar-refractivity contribution in [2.75, 3.05) is 5.32 Å². The summed E-state index contributed by atoms with van der Waals surface area (Å²) in [5, 5.41) is 4.05. The Labute approximate surface area is 121 Å². The van der Waals surface area contributed by atoms with Crippen molar-refractivity contribution in [3.8, 4) is 0 Å². The van der Waals surface area contributed by atoms with Crippen molar-refractivity contribution in [2.45, 2.75) is 0 Å². The van der Waals surface area contributed by atoms with E-state index in [2.05, 4.69) is 20.0 Å². The molecule has 0 saturated carbocycles. The highest BCUT2D eigenvalue weighted by Gasteiger charge is 2.27. The number of hydrogen-bond donors (Lipinski definition) is 1. The minimum atomic E-state index is -2.44. The van der Waals surface area contributed by atoms with E-state index in [1.165, 1.54) is 5.32 Å². The molecule has 1 heterocycles. The standard InChI is InChI=1S/C10HF7N6/c11-1-2(12)4(14)7(5(15)3(1)13)19-8-6(16)9(22-23-18)21-10(17)20-8/h(H,19,20,21). The molecule has 0 fully saturated rings. The summed E-state index contributed by atoms with van der Waals surface area (Å²) < 4.78 is 92.6. The van der Waals surface area contributed by atoms with Gasteiger partial charge in [-0.25, -0.2) is 26.3 Å². The van der Waals surface area contributed by atoms with E-state index in [0.29, 0.717) is 0 Å². The third kappa shape index (κ3) is 2.81. The first-order valence-corrected chi connectivity index (χ1v) is 5.34. The Morgan fingerprint density at radius 3 is 1.83 bits per heavy atom. The van der Waals surface area contributed by atoms with Gasteiger partial charge in [0.05, 0.1) is 0 Å². The summed E-state index contributed by atoms with van der Waals surface area (Å²) in [5.41, 5.74) is 6.46. The van der Waals surface area contributed by atoms with Crippen molar-refractivity contribution < 1.29 is 30.7 Å². The van der Waals surface area contributed by atoms with Crippen LogP contribution in [0.2, 0.25) is 0 Å². The molecule has 0 aliphatic heterocycles. The van der Waals surface area contributed by atoms with E-state index in [9.17, 15) is 30.7 Å². The van der Waals surface area contributed by atoms with Gasteiger partial charge in [-0.05, 0) is 10.6 Å². The van der Waals surface area contributed by atoms with Crippen molar-refractivity contribution in [3.05, 3.63) is 51.4 Å². The Hall–Kier alpha value is -3.08. The molecule has 0 atom stereocenters. The number of benzene rings is 1. The number of anilines is 2. The van der Waals surface area contributed by atoms with Gasteiger partial charge in [-0.3, -0.25) is 0 Å². The van der Waals surface area contributed by atoms with Gasteiger partial charge in [0, 0.05) is 4.91 Å². The maximum atomic E-state index is 13.7. The lowest BCUT2D eigenvalue weighted by molar-refractivity contribution is 0.382. The van der Waals surface area contributed by atoms with Crippen molar-refractivity contribution in [1.82, 2.24) is 9.97 Å². The third-order valence-electron chi connectivity index (χ3n) is 2.40.